The Kier molecular flexibility index (Phi) is 7.17. The van der Waals surface area contributed by atoms with E-state index in [2.05, 4.69) is 4.74 Å². The van der Waals surface area contributed by atoms with Crippen molar-refractivity contribution in [1.29, 1.82) is 0 Å². The number of alkyl halides is 1. The molecule has 0 aromatic rings. The molecule has 0 amide bonds. The van der Waals surface area contributed by atoms with Crippen molar-refractivity contribution in [2.75, 3.05) is 6.61 Å². The van der Waals surface area contributed by atoms with Crippen LogP contribution in [0.4, 0.5) is 4.39 Å². The van der Waals surface area contributed by atoms with Gasteiger partial charge >= 0.3 is 5.97 Å². The molecular formula is C8H17ClFNO2. The maximum absolute atomic E-state index is 13.0. The second kappa shape index (κ2) is 6.16. The van der Waals surface area contributed by atoms with Crippen LogP contribution in [0.2, 0.25) is 0 Å². The number of ether oxygens (including phenoxy) is 1. The minimum atomic E-state index is -1.42. The highest BCUT2D eigenvalue weighted by Gasteiger charge is 2.25. The topological polar surface area (TPSA) is 52.3 Å². The Balaban J connectivity index is 0. The van der Waals surface area contributed by atoms with E-state index in [1.165, 1.54) is 13.8 Å². The summed E-state index contributed by atoms with van der Waals surface area (Å²) in [6.07, 6.45) is -0.00810. The van der Waals surface area contributed by atoms with Crippen molar-refractivity contribution in [3.63, 3.8) is 0 Å². The molecule has 0 rings (SSSR count). The third kappa shape index (κ3) is 7.99. The van der Waals surface area contributed by atoms with Gasteiger partial charge in [-0.1, -0.05) is 0 Å². The fraction of sp³-hybridized carbons (Fsp3) is 0.875. The van der Waals surface area contributed by atoms with E-state index in [4.69, 9.17) is 5.73 Å². The molecule has 0 aliphatic heterocycles. The van der Waals surface area contributed by atoms with Crippen molar-refractivity contribution >= 4 is 18.4 Å². The van der Waals surface area contributed by atoms with Crippen LogP contribution in [0.25, 0.3) is 0 Å². The van der Waals surface area contributed by atoms with Crippen molar-refractivity contribution in [2.45, 2.75) is 38.9 Å². The highest BCUT2D eigenvalue weighted by atomic mass is 35.5. The van der Waals surface area contributed by atoms with E-state index in [1.54, 1.807) is 6.92 Å². The summed E-state index contributed by atoms with van der Waals surface area (Å²) in [4.78, 5) is 10.9. The SMILES string of the molecule is CCOC(=O)C(N)CC(C)(C)F.Cl. The predicted molar refractivity (Wildman–Crippen MR) is 51.7 cm³/mol. The van der Waals surface area contributed by atoms with Crippen molar-refractivity contribution in [3.05, 3.63) is 0 Å². The largest absolute Gasteiger partial charge is 0.465 e. The number of hydrogen-bond donors (Lipinski definition) is 1. The van der Waals surface area contributed by atoms with Crippen molar-refractivity contribution in [2.24, 2.45) is 5.73 Å². The fourth-order valence-electron chi connectivity index (χ4n) is 0.856. The molecule has 1 unspecified atom stereocenters. The molecule has 0 aromatic heterocycles. The number of halogens is 2. The highest BCUT2D eigenvalue weighted by Crippen LogP contribution is 2.15. The summed E-state index contributed by atoms with van der Waals surface area (Å²) < 4.78 is 17.6. The second-order valence-corrected chi connectivity index (χ2v) is 3.28. The molecule has 80 valence electrons. The molecular weight excluding hydrogens is 197 g/mol. The van der Waals surface area contributed by atoms with E-state index >= 15 is 0 Å². The zero-order valence-corrected chi connectivity index (χ0v) is 8.99. The molecule has 1 atom stereocenters. The number of hydrogen-bond acceptors (Lipinski definition) is 3. The molecule has 3 nitrogen and oxygen atoms in total. The molecule has 0 aliphatic carbocycles. The number of rotatable bonds is 4. The first-order chi connectivity index (χ1) is 5.37. The molecule has 0 bridgehead atoms. The zero-order chi connectivity index (χ0) is 9.78. The summed E-state index contributed by atoms with van der Waals surface area (Å²) in [5.41, 5.74) is 3.95. The molecule has 0 fully saturated rings. The minimum Gasteiger partial charge on any atom is -0.465 e. The third-order valence-electron chi connectivity index (χ3n) is 1.29. The van der Waals surface area contributed by atoms with Gasteiger partial charge in [-0.3, -0.25) is 4.79 Å². The van der Waals surface area contributed by atoms with Gasteiger partial charge in [-0.05, 0) is 20.8 Å². The van der Waals surface area contributed by atoms with E-state index in [-0.39, 0.29) is 25.4 Å². The Labute approximate surface area is 84.2 Å². The van der Waals surface area contributed by atoms with E-state index in [1.807, 2.05) is 0 Å². The number of nitrogens with two attached hydrogens (primary N) is 1. The maximum atomic E-state index is 13.0. The lowest BCUT2D eigenvalue weighted by Gasteiger charge is -2.17. The van der Waals surface area contributed by atoms with Gasteiger partial charge < -0.3 is 10.5 Å². The molecule has 13 heavy (non-hydrogen) atoms. The summed E-state index contributed by atoms with van der Waals surface area (Å²) >= 11 is 0. The average Bonchev–Trinajstić information content (AvgIpc) is 1.84. The van der Waals surface area contributed by atoms with Gasteiger partial charge in [0, 0.05) is 6.42 Å². The number of carbonyl (C=O) groups is 1. The predicted octanol–water partition coefficient (Wildman–Crippen LogP) is 1.44. The van der Waals surface area contributed by atoms with Crippen LogP contribution in [0, 0.1) is 0 Å². The van der Waals surface area contributed by atoms with Crippen LogP contribution in [0.1, 0.15) is 27.2 Å². The van der Waals surface area contributed by atoms with E-state index in [0.717, 1.165) is 0 Å². The van der Waals surface area contributed by atoms with Crippen LogP contribution in [-0.4, -0.2) is 24.3 Å². The number of esters is 1. The minimum absolute atomic E-state index is 0. The molecule has 0 spiro atoms. The van der Waals surface area contributed by atoms with Gasteiger partial charge in [-0.15, -0.1) is 12.4 Å². The van der Waals surface area contributed by atoms with Gasteiger partial charge in [-0.2, -0.15) is 0 Å². The van der Waals surface area contributed by atoms with Crippen LogP contribution in [0.15, 0.2) is 0 Å². The zero-order valence-electron chi connectivity index (χ0n) is 8.17. The van der Waals surface area contributed by atoms with Gasteiger partial charge in [0.1, 0.15) is 11.7 Å². The number of carbonyl (C=O) groups excluding carboxylic acids is 1. The average molecular weight is 214 g/mol. The Morgan fingerprint density at radius 2 is 2.08 bits per heavy atom. The third-order valence-corrected chi connectivity index (χ3v) is 1.29. The molecule has 0 saturated heterocycles. The quantitative estimate of drug-likeness (QED) is 0.719. The standard InChI is InChI=1S/C8H16FNO2.ClH/c1-4-12-7(11)6(10)5-8(2,3)9;/h6H,4-5,10H2,1-3H3;1H. The lowest BCUT2D eigenvalue weighted by Crippen LogP contribution is -2.37. The molecule has 0 aromatic carbocycles. The summed E-state index contributed by atoms with van der Waals surface area (Å²) in [7, 11) is 0. The van der Waals surface area contributed by atoms with Gasteiger partial charge in [-0.25, -0.2) is 4.39 Å². The first-order valence-electron chi connectivity index (χ1n) is 3.98. The lowest BCUT2D eigenvalue weighted by molar-refractivity contribution is -0.145. The lowest BCUT2D eigenvalue weighted by atomic mass is 10.0. The molecule has 0 aliphatic rings. The van der Waals surface area contributed by atoms with E-state index < -0.39 is 17.7 Å². The van der Waals surface area contributed by atoms with E-state index in [0.29, 0.717) is 0 Å². The van der Waals surface area contributed by atoms with Crippen LogP contribution < -0.4 is 5.73 Å². The molecule has 0 radical (unpaired) electrons. The highest BCUT2D eigenvalue weighted by molar-refractivity contribution is 5.85. The van der Waals surface area contributed by atoms with E-state index in [9.17, 15) is 9.18 Å². The van der Waals surface area contributed by atoms with Crippen LogP contribution in [0.5, 0.6) is 0 Å². The maximum Gasteiger partial charge on any atom is 0.323 e. The summed E-state index contributed by atoms with van der Waals surface area (Å²) in [5.74, 6) is -0.539. The Morgan fingerprint density at radius 1 is 1.62 bits per heavy atom. The van der Waals surface area contributed by atoms with Gasteiger partial charge in [0.05, 0.1) is 6.61 Å². The first kappa shape index (κ1) is 15.1. The molecule has 5 heteroatoms. The monoisotopic (exact) mass is 213 g/mol. The Morgan fingerprint density at radius 3 is 2.38 bits per heavy atom. The Hall–Kier alpha value is -0.350. The summed E-state index contributed by atoms with van der Waals surface area (Å²) in [6.45, 7) is 4.72. The second-order valence-electron chi connectivity index (χ2n) is 3.28. The first-order valence-corrected chi connectivity index (χ1v) is 3.98. The molecule has 0 heterocycles. The van der Waals surface area contributed by atoms with Crippen molar-refractivity contribution in [3.8, 4) is 0 Å². The molecule has 2 N–H and O–H groups in total. The van der Waals surface area contributed by atoms with Gasteiger partial charge in [0.15, 0.2) is 0 Å². The Bertz CT molecular complexity index is 159. The van der Waals surface area contributed by atoms with Crippen LogP contribution >= 0.6 is 12.4 Å². The summed E-state index contributed by atoms with van der Waals surface area (Å²) in [6, 6.07) is -0.857. The van der Waals surface area contributed by atoms with Crippen LogP contribution in [-0.2, 0) is 9.53 Å². The van der Waals surface area contributed by atoms with Crippen LogP contribution in [0.3, 0.4) is 0 Å². The summed E-state index contributed by atoms with van der Waals surface area (Å²) in [5, 5.41) is 0. The van der Waals surface area contributed by atoms with Crippen molar-refractivity contribution < 1.29 is 13.9 Å². The molecule has 0 saturated carbocycles. The van der Waals surface area contributed by atoms with Gasteiger partial charge in [0.2, 0.25) is 0 Å². The fourth-order valence-corrected chi connectivity index (χ4v) is 0.856. The smallest absolute Gasteiger partial charge is 0.323 e. The van der Waals surface area contributed by atoms with Gasteiger partial charge in [0.25, 0.3) is 0 Å². The normalized spacial score (nSPS) is 13.0. The van der Waals surface area contributed by atoms with Crippen molar-refractivity contribution in [1.82, 2.24) is 0 Å².